The van der Waals surface area contributed by atoms with E-state index < -0.39 is 0 Å². The van der Waals surface area contributed by atoms with Gasteiger partial charge in [0.05, 0.1) is 11.0 Å². The molecule has 2 heterocycles. The molecule has 0 amide bonds. The van der Waals surface area contributed by atoms with Crippen molar-refractivity contribution < 1.29 is 0 Å². The van der Waals surface area contributed by atoms with E-state index in [0.717, 1.165) is 23.7 Å². The monoisotopic (exact) mass is 313 g/mol. The Balaban J connectivity index is 1.42. The number of para-hydroxylation sites is 1. The van der Waals surface area contributed by atoms with E-state index in [1.807, 2.05) is 0 Å². The molecule has 0 spiro atoms. The number of benzene rings is 1. The van der Waals surface area contributed by atoms with E-state index in [1.54, 1.807) is 0 Å². The van der Waals surface area contributed by atoms with Crippen LogP contribution in [0.3, 0.4) is 0 Å². The Morgan fingerprint density at radius 3 is 2.78 bits per heavy atom. The summed E-state index contributed by atoms with van der Waals surface area (Å²) in [5.74, 6) is 2.14. The van der Waals surface area contributed by atoms with Crippen molar-refractivity contribution in [2.24, 2.45) is 5.92 Å². The van der Waals surface area contributed by atoms with Crippen LogP contribution in [0.1, 0.15) is 56.8 Å². The van der Waals surface area contributed by atoms with Gasteiger partial charge in [-0.05, 0) is 63.4 Å². The van der Waals surface area contributed by atoms with Crippen LogP contribution in [0.25, 0.3) is 11.0 Å². The highest BCUT2D eigenvalue weighted by Gasteiger charge is 2.18. The number of hydrogen-bond acceptors (Lipinski definition) is 2. The van der Waals surface area contributed by atoms with Gasteiger partial charge in [-0.3, -0.25) is 0 Å². The van der Waals surface area contributed by atoms with E-state index in [2.05, 4.69) is 41.9 Å². The van der Waals surface area contributed by atoms with Gasteiger partial charge >= 0.3 is 0 Å². The summed E-state index contributed by atoms with van der Waals surface area (Å²) in [6, 6.07) is 6.36. The number of unbranched alkanes of at least 4 members (excludes halogenated alkanes) is 1. The summed E-state index contributed by atoms with van der Waals surface area (Å²) in [5, 5.41) is 0. The lowest BCUT2D eigenvalue weighted by molar-refractivity contribution is 0.176. The molecule has 1 aliphatic heterocycles. The SMILES string of the molecule is CCCCC1CCN(CCCc2nc3c(C)cccc3[nH]2)CC1. The first-order valence-corrected chi connectivity index (χ1v) is 9.43. The van der Waals surface area contributed by atoms with Gasteiger partial charge in [-0.15, -0.1) is 0 Å². The van der Waals surface area contributed by atoms with E-state index in [0.29, 0.717) is 0 Å². The Kier molecular flexibility index (Phi) is 5.71. The van der Waals surface area contributed by atoms with E-state index in [4.69, 9.17) is 4.98 Å². The fourth-order valence-electron chi connectivity index (χ4n) is 3.81. The van der Waals surface area contributed by atoms with Gasteiger partial charge in [-0.2, -0.15) is 0 Å². The molecule has 3 heteroatoms. The van der Waals surface area contributed by atoms with E-state index in [9.17, 15) is 0 Å². The number of rotatable bonds is 7. The van der Waals surface area contributed by atoms with Crippen LogP contribution >= 0.6 is 0 Å². The molecule has 0 atom stereocenters. The first kappa shape index (κ1) is 16.5. The molecule has 1 aromatic heterocycles. The van der Waals surface area contributed by atoms with Gasteiger partial charge in [0, 0.05) is 6.42 Å². The summed E-state index contributed by atoms with van der Waals surface area (Å²) in [7, 11) is 0. The number of fused-ring (bicyclic) bond motifs is 1. The van der Waals surface area contributed by atoms with Crippen LogP contribution in [0.2, 0.25) is 0 Å². The summed E-state index contributed by atoms with van der Waals surface area (Å²) in [6.45, 7) is 8.25. The average molecular weight is 313 g/mol. The molecule has 1 saturated heterocycles. The molecule has 2 aromatic rings. The standard InChI is InChI=1S/C20H31N3/c1-3-4-8-17-11-14-23(15-12-17)13-6-10-19-21-18-9-5-7-16(2)20(18)22-19/h5,7,9,17H,3-4,6,8,10-15H2,1-2H3,(H,21,22). The van der Waals surface area contributed by atoms with Gasteiger partial charge in [0.15, 0.2) is 0 Å². The summed E-state index contributed by atoms with van der Waals surface area (Å²) >= 11 is 0. The lowest BCUT2D eigenvalue weighted by Gasteiger charge is -2.31. The fourth-order valence-corrected chi connectivity index (χ4v) is 3.81. The molecule has 3 rings (SSSR count). The molecule has 0 radical (unpaired) electrons. The Morgan fingerprint density at radius 1 is 1.22 bits per heavy atom. The number of likely N-dealkylation sites (tertiary alicyclic amines) is 1. The molecule has 1 N–H and O–H groups in total. The summed E-state index contributed by atoms with van der Waals surface area (Å²) in [5.41, 5.74) is 3.58. The Bertz CT molecular complexity index is 608. The minimum absolute atomic E-state index is 0.990. The van der Waals surface area contributed by atoms with Crippen molar-refractivity contribution in [3.05, 3.63) is 29.6 Å². The lowest BCUT2D eigenvalue weighted by Crippen LogP contribution is -2.34. The zero-order chi connectivity index (χ0) is 16.1. The summed E-state index contributed by atoms with van der Waals surface area (Å²) in [4.78, 5) is 10.9. The maximum atomic E-state index is 4.77. The molecule has 3 nitrogen and oxygen atoms in total. The number of nitrogens with zero attached hydrogens (tertiary/aromatic N) is 2. The van der Waals surface area contributed by atoms with Crippen molar-refractivity contribution in [2.75, 3.05) is 19.6 Å². The van der Waals surface area contributed by atoms with Crippen molar-refractivity contribution in [1.29, 1.82) is 0 Å². The van der Waals surface area contributed by atoms with Crippen molar-refractivity contribution >= 4 is 11.0 Å². The highest BCUT2D eigenvalue weighted by atomic mass is 15.1. The third kappa shape index (κ3) is 4.35. The predicted octanol–water partition coefficient (Wildman–Crippen LogP) is 4.71. The van der Waals surface area contributed by atoms with Crippen LogP contribution < -0.4 is 0 Å². The van der Waals surface area contributed by atoms with Crippen LogP contribution in [0, 0.1) is 12.8 Å². The van der Waals surface area contributed by atoms with Crippen molar-refractivity contribution in [1.82, 2.24) is 14.9 Å². The van der Waals surface area contributed by atoms with Crippen LogP contribution in [0.4, 0.5) is 0 Å². The Hall–Kier alpha value is -1.35. The fraction of sp³-hybridized carbons (Fsp3) is 0.650. The Labute approximate surface area is 140 Å². The number of nitrogens with one attached hydrogen (secondary N) is 1. The Morgan fingerprint density at radius 2 is 2.04 bits per heavy atom. The normalized spacial score (nSPS) is 17.1. The second kappa shape index (κ2) is 7.96. The molecule has 0 bridgehead atoms. The van der Waals surface area contributed by atoms with Gasteiger partial charge < -0.3 is 9.88 Å². The summed E-state index contributed by atoms with van der Waals surface area (Å²) < 4.78 is 0. The smallest absolute Gasteiger partial charge is 0.107 e. The number of piperidine rings is 1. The van der Waals surface area contributed by atoms with E-state index in [1.165, 1.54) is 69.2 Å². The highest BCUT2D eigenvalue weighted by Crippen LogP contribution is 2.23. The number of aromatic nitrogens is 2. The molecule has 1 aliphatic rings. The van der Waals surface area contributed by atoms with Crippen LogP contribution in [0.15, 0.2) is 18.2 Å². The quantitative estimate of drug-likeness (QED) is 0.803. The molecule has 0 unspecified atom stereocenters. The first-order chi connectivity index (χ1) is 11.3. The third-order valence-corrected chi connectivity index (χ3v) is 5.32. The van der Waals surface area contributed by atoms with Gasteiger partial charge in [-0.1, -0.05) is 38.3 Å². The van der Waals surface area contributed by atoms with Crippen LogP contribution in [0.5, 0.6) is 0 Å². The third-order valence-electron chi connectivity index (χ3n) is 5.32. The topological polar surface area (TPSA) is 31.9 Å². The van der Waals surface area contributed by atoms with Crippen molar-refractivity contribution in [3.63, 3.8) is 0 Å². The van der Waals surface area contributed by atoms with Gasteiger partial charge in [0.2, 0.25) is 0 Å². The molecular formula is C20H31N3. The molecule has 23 heavy (non-hydrogen) atoms. The number of H-pyrrole nitrogens is 1. The largest absolute Gasteiger partial charge is 0.342 e. The maximum absolute atomic E-state index is 4.77. The number of aromatic amines is 1. The number of aryl methyl sites for hydroxylation is 2. The molecule has 0 aliphatic carbocycles. The molecule has 126 valence electrons. The zero-order valence-corrected chi connectivity index (χ0v) is 14.8. The minimum Gasteiger partial charge on any atom is -0.342 e. The number of imidazole rings is 1. The molecule has 1 aromatic carbocycles. The average Bonchev–Trinajstić information content (AvgIpc) is 2.98. The predicted molar refractivity (Wildman–Crippen MR) is 97.8 cm³/mol. The van der Waals surface area contributed by atoms with E-state index >= 15 is 0 Å². The summed E-state index contributed by atoms with van der Waals surface area (Å²) in [6.07, 6.45) is 9.28. The van der Waals surface area contributed by atoms with Gasteiger partial charge in [-0.25, -0.2) is 4.98 Å². The molecule has 1 fully saturated rings. The lowest BCUT2D eigenvalue weighted by atomic mass is 9.91. The van der Waals surface area contributed by atoms with Gasteiger partial charge in [0.25, 0.3) is 0 Å². The van der Waals surface area contributed by atoms with Gasteiger partial charge in [0.1, 0.15) is 5.82 Å². The zero-order valence-electron chi connectivity index (χ0n) is 14.8. The van der Waals surface area contributed by atoms with Crippen LogP contribution in [-0.4, -0.2) is 34.5 Å². The van der Waals surface area contributed by atoms with Crippen molar-refractivity contribution in [2.45, 2.75) is 58.8 Å². The highest BCUT2D eigenvalue weighted by molar-refractivity contribution is 5.78. The molecular weight excluding hydrogens is 282 g/mol. The van der Waals surface area contributed by atoms with E-state index in [-0.39, 0.29) is 0 Å². The number of hydrogen-bond donors (Lipinski definition) is 1. The van der Waals surface area contributed by atoms with Crippen LogP contribution in [-0.2, 0) is 6.42 Å². The minimum atomic E-state index is 0.990. The second-order valence-corrected chi connectivity index (χ2v) is 7.19. The van der Waals surface area contributed by atoms with Crippen molar-refractivity contribution in [3.8, 4) is 0 Å². The maximum Gasteiger partial charge on any atom is 0.107 e. The molecule has 0 saturated carbocycles. The second-order valence-electron chi connectivity index (χ2n) is 7.19. The first-order valence-electron chi connectivity index (χ1n) is 9.43.